The molecule has 0 radical (unpaired) electrons. The number of phosphoric acid groups is 1. The number of esters is 1. The molecule has 0 aliphatic rings. The Labute approximate surface area is 324 Å². The fourth-order valence-electron chi connectivity index (χ4n) is 6.13. The Hall–Kier alpha value is -1.29. The Balaban J connectivity index is 4.20. The van der Waals surface area contributed by atoms with Gasteiger partial charge in [0.25, 0.3) is 0 Å². The topological polar surface area (TPSA) is 155 Å². The van der Waals surface area contributed by atoms with Crippen LogP contribution < -0.4 is 5.73 Å². The minimum Gasteiger partial charge on any atom is -0.480 e. The molecule has 0 bridgehead atoms. The Kier molecular flexibility index (Phi) is 38.0. The number of carbonyl (C=O) groups excluding carboxylic acids is 1. The number of carboxylic acid groups (broad SMARTS) is 1. The monoisotopic (exact) mass is 776 g/mol. The fraction of sp³-hybridized carbons (Fsp3) is 0.905. The number of nitrogens with two attached hydrogens (primary N) is 1. The van der Waals surface area contributed by atoms with Gasteiger partial charge in [0.05, 0.1) is 19.8 Å². The van der Waals surface area contributed by atoms with E-state index in [4.69, 9.17) is 29.4 Å². The number of rotatable bonds is 42. The van der Waals surface area contributed by atoms with Crippen molar-refractivity contribution in [2.45, 2.75) is 219 Å². The maximum Gasteiger partial charge on any atom is 0.472 e. The number of carbonyl (C=O) groups is 2. The Morgan fingerprint density at radius 1 is 0.585 bits per heavy atom. The number of carboxylic acids is 1. The quantitative estimate of drug-likeness (QED) is 0.0236. The van der Waals surface area contributed by atoms with Crippen LogP contribution in [0.4, 0.5) is 0 Å². The van der Waals surface area contributed by atoms with Crippen LogP contribution in [0.3, 0.4) is 0 Å². The standard InChI is InChI=1S/C42H82NO9P/c1-3-5-7-9-11-13-15-17-18-19-20-21-23-25-27-29-31-33-35-49-36-39(37-50-53(47,48)51-38-40(43)42(45)46)52-41(44)34-32-30-28-26-24-22-16-14-12-10-8-6-4-2/h17-18,39-40H,3-16,19-38,43H2,1-2H3,(H,45,46)(H,47,48)/b18-17-. The first kappa shape index (κ1) is 51.7. The molecule has 53 heavy (non-hydrogen) atoms. The number of phosphoric ester groups is 1. The van der Waals surface area contributed by atoms with E-state index in [2.05, 4.69) is 26.0 Å². The van der Waals surface area contributed by atoms with E-state index in [9.17, 15) is 19.0 Å². The second kappa shape index (κ2) is 39.0. The van der Waals surface area contributed by atoms with E-state index in [-0.39, 0.29) is 13.0 Å². The highest BCUT2D eigenvalue weighted by Crippen LogP contribution is 2.43. The molecule has 0 aliphatic heterocycles. The molecule has 3 atom stereocenters. The van der Waals surface area contributed by atoms with Gasteiger partial charge in [-0.3, -0.25) is 18.6 Å². The van der Waals surface area contributed by atoms with Gasteiger partial charge in [0, 0.05) is 13.0 Å². The zero-order valence-corrected chi connectivity index (χ0v) is 35.0. The van der Waals surface area contributed by atoms with Gasteiger partial charge in [0.2, 0.25) is 0 Å². The minimum absolute atomic E-state index is 0.0202. The third-order valence-corrected chi connectivity index (χ3v) is 10.5. The molecule has 0 spiro atoms. The van der Waals surface area contributed by atoms with E-state index in [0.29, 0.717) is 6.61 Å². The van der Waals surface area contributed by atoms with Crippen molar-refractivity contribution in [2.24, 2.45) is 5.73 Å². The second-order valence-electron chi connectivity index (χ2n) is 14.8. The van der Waals surface area contributed by atoms with Crippen molar-refractivity contribution < 1.29 is 42.7 Å². The van der Waals surface area contributed by atoms with E-state index >= 15 is 0 Å². The molecule has 0 aromatic heterocycles. The van der Waals surface area contributed by atoms with Crippen LogP contribution in [-0.2, 0) is 32.7 Å². The molecule has 0 amide bonds. The van der Waals surface area contributed by atoms with Gasteiger partial charge in [-0.05, 0) is 38.5 Å². The molecule has 0 saturated heterocycles. The summed E-state index contributed by atoms with van der Waals surface area (Å²) in [6.07, 6.45) is 39.7. The van der Waals surface area contributed by atoms with Gasteiger partial charge >= 0.3 is 19.8 Å². The summed E-state index contributed by atoms with van der Waals surface area (Å²) in [5.74, 6) is -1.77. The Morgan fingerprint density at radius 2 is 0.981 bits per heavy atom. The first-order valence-corrected chi connectivity index (χ1v) is 23.2. The molecular formula is C42H82NO9P. The predicted octanol–water partition coefficient (Wildman–Crippen LogP) is 11.8. The van der Waals surface area contributed by atoms with Crippen LogP contribution in [0.5, 0.6) is 0 Å². The average molecular weight is 776 g/mol. The van der Waals surface area contributed by atoms with Crippen LogP contribution >= 0.6 is 7.82 Å². The first-order valence-electron chi connectivity index (χ1n) is 21.7. The summed E-state index contributed by atoms with van der Waals surface area (Å²) in [6, 6.07) is -1.47. The van der Waals surface area contributed by atoms with Crippen LogP contribution in [0, 0.1) is 0 Å². The molecule has 0 aliphatic carbocycles. The SMILES string of the molecule is CCCCCCCC/C=C\CCCCCCCCCCOCC(COP(=O)(O)OCC(N)C(=O)O)OC(=O)CCCCCCCCCCCCCCC. The fourth-order valence-corrected chi connectivity index (χ4v) is 6.91. The molecular weight excluding hydrogens is 693 g/mol. The summed E-state index contributed by atoms with van der Waals surface area (Å²) in [5, 5.41) is 8.89. The number of ether oxygens (including phenoxy) is 2. The molecule has 314 valence electrons. The molecule has 0 fully saturated rings. The highest BCUT2D eigenvalue weighted by molar-refractivity contribution is 7.47. The van der Waals surface area contributed by atoms with Gasteiger partial charge < -0.3 is 25.2 Å². The van der Waals surface area contributed by atoms with Crippen LogP contribution in [0.25, 0.3) is 0 Å². The van der Waals surface area contributed by atoms with Crippen molar-refractivity contribution in [3.05, 3.63) is 12.2 Å². The Morgan fingerprint density at radius 3 is 1.43 bits per heavy atom. The molecule has 4 N–H and O–H groups in total. The molecule has 3 unspecified atom stereocenters. The van der Waals surface area contributed by atoms with E-state index < -0.39 is 45.1 Å². The van der Waals surface area contributed by atoms with Gasteiger partial charge in [-0.1, -0.05) is 174 Å². The molecule has 0 saturated carbocycles. The summed E-state index contributed by atoms with van der Waals surface area (Å²) >= 11 is 0. The normalized spacial score (nSPS) is 14.0. The second-order valence-corrected chi connectivity index (χ2v) is 16.3. The highest BCUT2D eigenvalue weighted by atomic mass is 31.2. The zero-order chi connectivity index (χ0) is 39.1. The lowest BCUT2D eigenvalue weighted by Crippen LogP contribution is -2.34. The maximum absolute atomic E-state index is 12.6. The van der Waals surface area contributed by atoms with E-state index in [1.165, 1.54) is 148 Å². The van der Waals surface area contributed by atoms with Gasteiger partial charge in [0.1, 0.15) is 12.1 Å². The number of unbranched alkanes of at least 4 members (excludes halogenated alkanes) is 26. The number of allylic oxidation sites excluding steroid dienone is 2. The van der Waals surface area contributed by atoms with Gasteiger partial charge in [0.15, 0.2) is 0 Å². The summed E-state index contributed by atoms with van der Waals surface area (Å²) in [5.41, 5.74) is 5.35. The smallest absolute Gasteiger partial charge is 0.472 e. The highest BCUT2D eigenvalue weighted by Gasteiger charge is 2.27. The van der Waals surface area contributed by atoms with Crippen molar-refractivity contribution in [2.75, 3.05) is 26.4 Å². The summed E-state index contributed by atoms with van der Waals surface area (Å²) in [6.45, 7) is 3.89. The molecule has 0 aromatic carbocycles. The van der Waals surface area contributed by atoms with Gasteiger partial charge in [-0.15, -0.1) is 0 Å². The largest absolute Gasteiger partial charge is 0.480 e. The Bertz CT molecular complexity index is 904. The minimum atomic E-state index is -4.61. The van der Waals surface area contributed by atoms with Crippen LogP contribution in [0.2, 0.25) is 0 Å². The third kappa shape index (κ3) is 38.8. The van der Waals surface area contributed by atoms with Crippen molar-refractivity contribution >= 4 is 19.8 Å². The van der Waals surface area contributed by atoms with Crippen molar-refractivity contribution in [3.63, 3.8) is 0 Å². The molecule has 0 rings (SSSR count). The summed E-state index contributed by atoms with van der Waals surface area (Å²) in [4.78, 5) is 33.5. The number of hydrogen-bond donors (Lipinski definition) is 3. The molecule has 0 aromatic rings. The van der Waals surface area contributed by atoms with Crippen LogP contribution in [0.15, 0.2) is 12.2 Å². The van der Waals surface area contributed by atoms with Crippen molar-refractivity contribution in [1.29, 1.82) is 0 Å². The third-order valence-electron chi connectivity index (χ3n) is 9.54. The lowest BCUT2D eigenvalue weighted by atomic mass is 10.0. The molecule has 0 heterocycles. The number of hydrogen-bond acceptors (Lipinski definition) is 8. The average Bonchev–Trinajstić information content (AvgIpc) is 3.13. The van der Waals surface area contributed by atoms with E-state index in [1.807, 2.05) is 0 Å². The molecule has 11 heteroatoms. The maximum atomic E-state index is 12.6. The molecule has 10 nitrogen and oxygen atoms in total. The summed E-state index contributed by atoms with van der Waals surface area (Å²) < 4.78 is 33.3. The lowest BCUT2D eigenvalue weighted by Gasteiger charge is -2.20. The van der Waals surface area contributed by atoms with Crippen LogP contribution in [-0.4, -0.2) is 60.5 Å². The van der Waals surface area contributed by atoms with Gasteiger partial charge in [-0.2, -0.15) is 0 Å². The van der Waals surface area contributed by atoms with Crippen LogP contribution in [0.1, 0.15) is 206 Å². The first-order chi connectivity index (χ1) is 25.7. The van der Waals surface area contributed by atoms with E-state index in [0.717, 1.165) is 38.5 Å². The summed E-state index contributed by atoms with van der Waals surface area (Å²) in [7, 11) is -4.61. The zero-order valence-electron chi connectivity index (χ0n) is 34.1. The number of aliphatic carboxylic acids is 1. The lowest BCUT2D eigenvalue weighted by molar-refractivity contribution is -0.154. The predicted molar refractivity (Wildman–Crippen MR) is 217 cm³/mol. The van der Waals surface area contributed by atoms with Gasteiger partial charge in [-0.25, -0.2) is 4.57 Å². The van der Waals surface area contributed by atoms with Crippen molar-refractivity contribution in [1.82, 2.24) is 0 Å². The van der Waals surface area contributed by atoms with E-state index in [1.54, 1.807) is 0 Å². The van der Waals surface area contributed by atoms with Crippen molar-refractivity contribution in [3.8, 4) is 0 Å².